The maximum absolute atomic E-state index is 5.50. The molecule has 0 aromatic carbocycles. The van der Waals surface area contributed by atoms with Crippen LogP contribution in [0.3, 0.4) is 0 Å². The van der Waals surface area contributed by atoms with E-state index in [0.717, 1.165) is 12.5 Å². The summed E-state index contributed by atoms with van der Waals surface area (Å²) in [5.41, 5.74) is 0. The maximum atomic E-state index is 5.50. The zero-order valence-electron chi connectivity index (χ0n) is 8.39. The number of unbranched alkanes of at least 4 members (excludes halogenated alkanes) is 1. The van der Waals surface area contributed by atoms with Crippen molar-refractivity contribution in [2.75, 3.05) is 6.61 Å². The first-order valence-electron chi connectivity index (χ1n) is 4.78. The van der Waals surface area contributed by atoms with Crippen molar-refractivity contribution in [3.05, 3.63) is 0 Å². The van der Waals surface area contributed by atoms with Crippen molar-refractivity contribution in [3.63, 3.8) is 0 Å². The topological polar surface area (TPSA) is 9.23 Å². The molecule has 0 aliphatic rings. The Morgan fingerprint density at radius 1 is 1.18 bits per heavy atom. The largest absolute Gasteiger partial charge is 0.379 e. The lowest BCUT2D eigenvalue weighted by Gasteiger charge is -2.13. The second-order valence-corrected chi connectivity index (χ2v) is 3.63. The standard InChI is InChI=1S/C10H22O/c1-5-6-7-10(4)8-11-9(2)3/h9-10H,5-8H2,1-4H3. The molecule has 0 saturated heterocycles. The van der Waals surface area contributed by atoms with Crippen LogP contribution in [-0.4, -0.2) is 12.7 Å². The van der Waals surface area contributed by atoms with Crippen molar-refractivity contribution < 1.29 is 4.74 Å². The van der Waals surface area contributed by atoms with Gasteiger partial charge in [-0.3, -0.25) is 0 Å². The van der Waals surface area contributed by atoms with Gasteiger partial charge >= 0.3 is 0 Å². The molecule has 0 bridgehead atoms. The molecular weight excluding hydrogens is 136 g/mol. The Bertz CT molecular complexity index is 78.9. The molecule has 1 heteroatoms. The minimum Gasteiger partial charge on any atom is -0.379 e. The van der Waals surface area contributed by atoms with Crippen molar-refractivity contribution >= 4 is 0 Å². The van der Waals surface area contributed by atoms with E-state index < -0.39 is 0 Å². The molecule has 1 unspecified atom stereocenters. The van der Waals surface area contributed by atoms with Crippen molar-refractivity contribution in [2.45, 2.75) is 53.1 Å². The first-order chi connectivity index (χ1) is 5.16. The first kappa shape index (κ1) is 11.0. The molecule has 0 aliphatic carbocycles. The van der Waals surface area contributed by atoms with Crippen LogP contribution in [0.15, 0.2) is 0 Å². The van der Waals surface area contributed by atoms with Gasteiger partial charge in [0.1, 0.15) is 0 Å². The Hall–Kier alpha value is -0.0400. The average Bonchev–Trinajstić information content (AvgIpc) is 1.97. The maximum Gasteiger partial charge on any atom is 0.0519 e. The van der Waals surface area contributed by atoms with E-state index in [1.54, 1.807) is 0 Å². The summed E-state index contributed by atoms with van der Waals surface area (Å²) in [5.74, 6) is 0.734. The third-order valence-electron chi connectivity index (χ3n) is 1.76. The van der Waals surface area contributed by atoms with E-state index in [9.17, 15) is 0 Å². The highest BCUT2D eigenvalue weighted by atomic mass is 16.5. The molecule has 0 aliphatic heterocycles. The van der Waals surface area contributed by atoms with E-state index in [-0.39, 0.29) is 0 Å². The Morgan fingerprint density at radius 3 is 2.27 bits per heavy atom. The second-order valence-electron chi connectivity index (χ2n) is 3.63. The van der Waals surface area contributed by atoms with Crippen molar-refractivity contribution in [2.24, 2.45) is 5.92 Å². The third-order valence-corrected chi connectivity index (χ3v) is 1.76. The molecule has 11 heavy (non-hydrogen) atoms. The molecule has 1 atom stereocenters. The molecule has 1 nitrogen and oxygen atoms in total. The van der Waals surface area contributed by atoms with E-state index in [4.69, 9.17) is 4.74 Å². The Labute approximate surface area is 71.1 Å². The van der Waals surface area contributed by atoms with E-state index in [0.29, 0.717) is 6.10 Å². The molecule has 0 fully saturated rings. The summed E-state index contributed by atoms with van der Waals surface area (Å²) < 4.78 is 5.50. The van der Waals surface area contributed by atoms with Crippen LogP contribution in [0.4, 0.5) is 0 Å². The number of hydrogen-bond acceptors (Lipinski definition) is 1. The highest BCUT2D eigenvalue weighted by Gasteiger charge is 2.02. The van der Waals surface area contributed by atoms with Crippen LogP contribution in [0, 0.1) is 5.92 Å². The van der Waals surface area contributed by atoms with Crippen LogP contribution < -0.4 is 0 Å². The van der Waals surface area contributed by atoms with Gasteiger partial charge in [-0.2, -0.15) is 0 Å². The molecule has 0 aromatic rings. The van der Waals surface area contributed by atoms with Gasteiger partial charge in [0.25, 0.3) is 0 Å². The molecule has 0 amide bonds. The number of hydrogen-bond donors (Lipinski definition) is 0. The van der Waals surface area contributed by atoms with Crippen molar-refractivity contribution in [1.29, 1.82) is 0 Å². The first-order valence-corrected chi connectivity index (χ1v) is 4.78. The predicted octanol–water partition coefficient (Wildman–Crippen LogP) is 3.24. The molecule has 68 valence electrons. The van der Waals surface area contributed by atoms with Gasteiger partial charge in [-0.25, -0.2) is 0 Å². The zero-order chi connectivity index (χ0) is 8.69. The van der Waals surface area contributed by atoms with Crippen LogP contribution in [0.1, 0.15) is 47.0 Å². The van der Waals surface area contributed by atoms with E-state index >= 15 is 0 Å². The van der Waals surface area contributed by atoms with Crippen LogP contribution in [-0.2, 0) is 4.74 Å². The van der Waals surface area contributed by atoms with E-state index in [1.165, 1.54) is 19.3 Å². The fourth-order valence-electron chi connectivity index (χ4n) is 0.993. The van der Waals surface area contributed by atoms with Gasteiger partial charge < -0.3 is 4.74 Å². The Balaban J connectivity index is 3.15. The molecule has 0 N–H and O–H groups in total. The molecule has 0 heterocycles. The summed E-state index contributed by atoms with van der Waals surface area (Å²) in [4.78, 5) is 0. The summed E-state index contributed by atoms with van der Waals surface area (Å²) in [5, 5.41) is 0. The fourth-order valence-corrected chi connectivity index (χ4v) is 0.993. The van der Waals surface area contributed by atoms with E-state index in [1.807, 2.05) is 0 Å². The normalized spacial score (nSPS) is 13.9. The number of rotatable bonds is 6. The molecule has 0 radical (unpaired) electrons. The lowest BCUT2D eigenvalue weighted by molar-refractivity contribution is 0.0529. The van der Waals surface area contributed by atoms with Crippen LogP contribution in [0.5, 0.6) is 0 Å². The van der Waals surface area contributed by atoms with Gasteiger partial charge in [0, 0.05) is 6.61 Å². The second kappa shape index (κ2) is 6.66. The monoisotopic (exact) mass is 158 g/mol. The molecule has 0 rings (SSSR count). The minimum atomic E-state index is 0.388. The highest BCUT2D eigenvalue weighted by Crippen LogP contribution is 2.08. The molecule has 0 saturated carbocycles. The zero-order valence-corrected chi connectivity index (χ0v) is 8.39. The minimum absolute atomic E-state index is 0.388. The van der Waals surface area contributed by atoms with Crippen molar-refractivity contribution in [1.82, 2.24) is 0 Å². The SMILES string of the molecule is CCCCC(C)COC(C)C. The van der Waals surface area contributed by atoms with Gasteiger partial charge in [-0.05, 0) is 26.2 Å². The number of ether oxygens (including phenoxy) is 1. The van der Waals surface area contributed by atoms with Crippen LogP contribution >= 0.6 is 0 Å². The van der Waals surface area contributed by atoms with Gasteiger partial charge in [0.15, 0.2) is 0 Å². The van der Waals surface area contributed by atoms with Crippen LogP contribution in [0.2, 0.25) is 0 Å². The lowest BCUT2D eigenvalue weighted by Crippen LogP contribution is -2.10. The van der Waals surface area contributed by atoms with Gasteiger partial charge in [0.05, 0.1) is 6.10 Å². The Morgan fingerprint density at radius 2 is 1.82 bits per heavy atom. The van der Waals surface area contributed by atoms with Gasteiger partial charge in [-0.1, -0.05) is 26.7 Å². The lowest BCUT2D eigenvalue weighted by atomic mass is 10.1. The summed E-state index contributed by atoms with van der Waals surface area (Å²) >= 11 is 0. The fraction of sp³-hybridized carbons (Fsp3) is 1.00. The predicted molar refractivity (Wildman–Crippen MR) is 49.8 cm³/mol. The smallest absolute Gasteiger partial charge is 0.0519 e. The summed E-state index contributed by atoms with van der Waals surface area (Å²) in [6.45, 7) is 9.60. The van der Waals surface area contributed by atoms with Gasteiger partial charge in [0.2, 0.25) is 0 Å². The summed E-state index contributed by atoms with van der Waals surface area (Å²) in [6, 6.07) is 0. The molecule has 0 aromatic heterocycles. The molecule has 0 spiro atoms. The summed E-state index contributed by atoms with van der Waals surface area (Å²) in [7, 11) is 0. The average molecular weight is 158 g/mol. The Kier molecular flexibility index (Phi) is 6.63. The molecular formula is C10H22O. The van der Waals surface area contributed by atoms with Crippen LogP contribution in [0.25, 0.3) is 0 Å². The highest BCUT2D eigenvalue weighted by molar-refractivity contribution is 4.51. The van der Waals surface area contributed by atoms with Crippen molar-refractivity contribution in [3.8, 4) is 0 Å². The quantitative estimate of drug-likeness (QED) is 0.576. The van der Waals surface area contributed by atoms with Gasteiger partial charge in [-0.15, -0.1) is 0 Å². The summed E-state index contributed by atoms with van der Waals surface area (Å²) in [6.07, 6.45) is 4.33. The third kappa shape index (κ3) is 7.86. The van der Waals surface area contributed by atoms with E-state index in [2.05, 4.69) is 27.7 Å².